The number of nitrogens with one attached hydrogen (secondary N) is 1. The molecular weight excluding hydrogens is 447 g/mol. The fraction of sp³-hybridized carbons (Fsp3) is 0.350. The summed E-state index contributed by atoms with van der Waals surface area (Å²) in [4.78, 5) is 6.55. The van der Waals surface area contributed by atoms with Gasteiger partial charge in [0.1, 0.15) is 0 Å². The summed E-state index contributed by atoms with van der Waals surface area (Å²) in [6.45, 7) is 2.37. The first-order chi connectivity index (χ1) is 12.2. The van der Waals surface area contributed by atoms with Gasteiger partial charge in [0.05, 0.1) is 0 Å². The van der Waals surface area contributed by atoms with Crippen LogP contribution in [0.15, 0.2) is 53.5 Å². The fourth-order valence-corrected chi connectivity index (χ4v) is 3.33. The predicted molar refractivity (Wildman–Crippen MR) is 112 cm³/mol. The maximum absolute atomic E-state index is 13.7. The number of benzene rings is 2. The summed E-state index contributed by atoms with van der Waals surface area (Å²) in [5.41, 5.74) is 1.73. The Balaban J connectivity index is 0.00000243. The normalized spacial score (nSPS) is 17.1. The number of guanidine groups is 1. The third kappa shape index (κ3) is 4.93. The summed E-state index contributed by atoms with van der Waals surface area (Å²) in [6, 6.07) is 14.8. The second-order valence-corrected chi connectivity index (χ2v) is 6.28. The van der Waals surface area contributed by atoms with Crippen molar-refractivity contribution in [1.29, 1.82) is 0 Å². The Labute approximate surface area is 170 Å². The highest BCUT2D eigenvalue weighted by Crippen LogP contribution is 2.26. The molecule has 1 heterocycles. The van der Waals surface area contributed by atoms with Gasteiger partial charge in [-0.15, -0.1) is 24.0 Å². The van der Waals surface area contributed by atoms with Crippen molar-refractivity contribution >= 4 is 29.9 Å². The molecule has 1 unspecified atom stereocenters. The van der Waals surface area contributed by atoms with Gasteiger partial charge in [-0.05, 0) is 30.0 Å². The Hall–Kier alpha value is -1.70. The van der Waals surface area contributed by atoms with Crippen LogP contribution in [0.1, 0.15) is 23.5 Å². The maximum atomic E-state index is 13.7. The molecule has 0 bridgehead atoms. The molecule has 1 fully saturated rings. The highest BCUT2D eigenvalue weighted by molar-refractivity contribution is 14.0. The zero-order valence-electron chi connectivity index (χ0n) is 14.8. The molecule has 2 aromatic rings. The summed E-state index contributed by atoms with van der Waals surface area (Å²) in [7, 11) is 1.75. The summed E-state index contributed by atoms with van der Waals surface area (Å²) in [6.07, 6.45) is 1.50. The zero-order chi connectivity index (χ0) is 17.6. The van der Waals surface area contributed by atoms with E-state index in [0.29, 0.717) is 24.4 Å². The van der Waals surface area contributed by atoms with Crippen LogP contribution in [0, 0.1) is 11.6 Å². The largest absolute Gasteiger partial charge is 0.356 e. The van der Waals surface area contributed by atoms with Crippen LogP contribution in [0.25, 0.3) is 0 Å². The van der Waals surface area contributed by atoms with Gasteiger partial charge >= 0.3 is 0 Å². The van der Waals surface area contributed by atoms with Crippen molar-refractivity contribution in [3.8, 4) is 0 Å². The van der Waals surface area contributed by atoms with Crippen LogP contribution in [0.2, 0.25) is 0 Å². The summed E-state index contributed by atoms with van der Waals surface area (Å²) >= 11 is 0. The van der Waals surface area contributed by atoms with Gasteiger partial charge in [-0.25, -0.2) is 8.78 Å². The van der Waals surface area contributed by atoms with E-state index >= 15 is 0 Å². The smallest absolute Gasteiger partial charge is 0.193 e. The Bertz CT molecular complexity index is 737. The van der Waals surface area contributed by atoms with Gasteiger partial charge in [0.2, 0.25) is 0 Å². The lowest BCUT2D eigenvalue weighted by molar-refractivity contribution is 0.482. The second kappa shape index (κ2) is 9.85. The topological polar surface area (TPSA) is 27.6 Å². The van der Waals surface area contributed by atoms with E-state index in [0.717, 1.165) is 31.5 Å². The molecule has 3 rings (SSSR count). The lowest BCUT2D eigenvalue weighted by Crippen LogP contribution is -2.40. The SMILES string of the molecule is CN=C(NCCc1cccc(F)c1F)N1CCC(c2ccccc2)C1.I. The Morgan fingerprint density at radius 2 is 1.92 bits per heavy atom. The number of likely N-dealkylation sites (tertiary alicyclic amines) is 1. The molecule has 1 aliphatic heterocycles. The van der Waals surface area contributed by atoms with Gasteiger partial charge in [0, 0.05) is 32.6 Å². The van der Waals surface area contributed by atoms with Crippen molar-refractivity contribution in [2.75, 3.05) is 26.7 Å². The lowest BCUT2D eigenvalue weighted by atomic mass is 9.99. The van der Waals surface area contributed by atoms with Gasteiger partial charge < -0.3 is 10.2 Å². The third-order valence-corrected chi connectivity index (χ3v) is 4.68. The number of nitrogens with zero attached hydrogens (tertiary/aromatic N) is 2. The average Bonchev–Trinajstić information content (AvgIpc) is 3.13. The highest BCUT2D eigenvalue weighted by Gasteiger charge is 2.25. The van der Waals surface area contributed by atoms with Crippen LogP contribution in [-0.2, 0) is 6.42 Å². The van der Waals surface area contributed by atoms with E-state index in [1.807, 2.05) is 6.07 Å². The number of rotatable bonds is 4. The van der Waals surface area contributed by atoms with E-state index in [4.69, 9.17) is 0 Å². The van der Waals surface area contributed by atoms with Gasteiger partial charge in [-0.1, -0.05) is 42.5 Å². The molecule has 2 aromatic carbocycles. The minimum absolute atomic E-state index is 0. The van der Waals surface area contributed by atoms with Crippen molar-refractivity contribution in [1.82, 2.24) is 10.2 Å². The van der Waals surface area contributed by atoms with E-state index in [2.05, 4.69) is 39.5 Å². The molecule has 1 aliphatic rings. The maximum Gasteiger partial charge on any atom is 0.193 e. The minimum Gasteiger partial charge on any atom is -0.356 e. The van der Waals surface area contributed by atoms with E-state index in [9.17, 15) is 8.78 Å². The van der Waals surface area contributed by atoms with Crippen molar-refractivity contribution in [2.45, 2.75) is 18.8 Å². The Morgan fingerprint density at radius 3 is 2.65 bits per heavy atom. The lowest BCUT2D eigenvalue weighted by Gasteiger charge is -2.22. The molecule has 0 spiro atoms. The van der Waals surface area contributed by atoms with Crippen molar-refractivity contribution in [2.24, 2.45) is 4.99 Å². The van der Waals surface area contributed by atoms with E-state index in [-0.39, 0.29) is 24.0 Å². The predicted octanol–water partition coefficient (Wildman–Crippen LogP) is 4.19. The molecule has 0 saturated carbocycles. The monoisotopic (exact) mass is 471 g/mol. The molecule has 140 valence electrons. The van der Waals surface area contributed by atoms with Gasteiger partial charge in [0.15, 0.2) is 17.6 Å². The van der Waals surface area contributed by atoms with Crippen LogP contribution in [0.3, 0.4) is 0 Å². The summed E-state index contributed by atoms with van der Waals surface area (Å²) in [5, 5.41) is 3.27. The van der Waals surface area contributed by atoms with E-state index in [1.165, 1.54) is 11.6 Å². The van der Waals surface area contributed by atoms with E-state index in [1.54, 1.807) is 13.1 Å². The molecule has 1 saturated heterocycles. The fourth-order valence-electron chi connectivity index (χ4n) is 3.33. The third-order valence-electron chi connectivity index (χ3n) is 4.68. The number of hydrogen-bond donors (Lipinski definition) is 1. The average molecular weight is 471 g/mol. The number of hydrogen-bond acceptors (Lipinski definition) is 1. The number of aliphatic imine (C=N–C) groups is 1. The second-order valence-electron chi connectivity index (χ2n) is 6.28. The van der Waals surface area contributed by atoms with Crippen LogP contribution < -0.4 is 5.32 Å². The first kappa shape index (κ1) is 20.6. The molecule has 1 N–H and O–H groups in total. The molecule has 0 aromatic heterocycles. The van der Waals surface area contributed by atoms with E-state index < -0.39 is 11.6 Å². The van der Waals surface area contributed by atoms with Crippen molar-refractivity contribution in [3.05, 3.63) is 71.3 Å². The zero-order valence-corrected chi connectivity index (χ0v) is 17.1. The minimum atomic E-state index is -0.799. The first-order valence-electron chi connectivity index (χ1n) is 8.62. The quantitative estimate of drug-likeness (QED) is 0.412. The molecule has 6 heteroatoms. The molecule has 0 aliphatic carbocycles. The molecule has 0 amide bonds. The molecule has 26 heavy (non-hydrogen) atoms. The van der Waals surface area contributed by atoms with Crippen LogP contribution in [-0.4, -0.2) is 37.5 Å². The van der Waals surface area contributed by atoms with Gasteiger partial charge in [-0.2, -0.15) is 0 Å². The first-order valence-corrected chi connectivity index (χ1v) is 8.62. The summed E-state index contributed by atoms with van der Waals surface area (Å²) < 4.78 is 27.0. The van der Waals surface area contributed by atoms with Crippen molar-refractivity contribution in [3.63, 3.8) is 0 Å². The standard InChI is InChI=1S/C20H23F2N3.HI/c1-23-20(24-12-10-16-8-5-9-18(21)19(16)22)25-13-11-17(14-25)15-6-3-2-4-7-15;/h2-9,17H,10-14H2,1H3,(H,23,24);1H. The molecule has 1 atom stereocenters. The molecule has 0 radical (unpaired) electrons. The number of halogens is 3. The van der Waals surface area contributed by atoms with Crippen LogP contribution in [0.4, 0.5) is 8.78 Å². The summed E-state index contributed by atoms with van der Waals surface area (Å²) in [5.74, 6) is -0.243. The van der Waals surface area contributed by atoms with Gasteiger partial charge in [0.25, 0.3) is 0 Å². The Kier molecular flexibility index (Phi) is 7.81. The van der Waals surface area contributed by atoms with Crippen LogP contribution in [0.5, 0.6) is 0 Å². The molecule has 3 nitrogen and oxygen atoms in total. The highest BCUT2D eigenvalue weighted by atomic mass is 127. The van der Waals surface area contributed by atoms with Gasteiger partial charge in [-0.3, -0.25) is 4.99 Å². The Morgan fingerprint density at radius 1 is 1.15 bits per heavy atom. The van der Waals surface area contributed by atoms with Crippen LogP contribution >= 0.6 is 24.0 Å². The van der Waals surface area contributed by atoms with Crippen molar-refractivity contribution < 1.29 is 8.78 Å². The molecular formula is C20H24F2IN3.